The summed E-state index contributed by atoms with van der Waals surface area (Å²) >= 11 is 0. The van der Waals surface area contributed by atoms with Gasteiger partial charge in [-0.1, -0.05) is 12.1 Å². The third kappa shape index (κ3) is 4.54. The number of hydrogen-bond donors (Lipinski definition) is 3. The number of carbonyl (C=O) groups excluding carboxylic acids is 2. The number of aliphatic hydroxyl groups excluding tert-OH is 2. The first-order valence-electron chi connectivity index (χ1n) is 8.85. The molecule has 7 nitrogen and oxygen atoms in total. The summed E-state index contributed by atoms with van der Waals surface area (Å²) in [5, 5.41) is 21.5. The molecule has 4 atom stereocenters. The van der Waals surface area contributed by atoms with E-state index in [0.29, 0.717) is 18.5 Å². The van der Waals surface area contributed by atoms with E-state index in [1.165, 1.54) is 4.90 Å². The van der Waals surface area contributed by atoms with Gasteiger partial charge in [-0.05, 0) is 42.9 Å². The van der Waals surface area contributed by atoms with Gasteiger partial charge in [0.05, 0.1) is 25.3 Å². The van der Waals surface area contributed by atoms with Crippen LogP contribution in [0.3, 0.4) is 0 Å². The lowest BCUT2D eigenvalue weighted by Gasteiger charge is -2.30. The molecule has 0 radical (unpaired) electrons. The maximum absolute atomic E-state index is 12.2. The highest BCUT2D eigenvalue weighted by Gasteiger charge is 2.33. The van der Waals surface area contributed by atoms with E-state index in [0.717, 1.165) is 12.0 Å². The predicted molar refractivity (Wildman–Crippen MR) is 91.7 cm³/mol. The van der Waals surface area contributed by atoms with Crippen molar-refractivity contribution in [3.63, 3.8) is 0 Å². The largest absolute Gasteiger partial charge is 0.442 e. The number of aliphatic hydroxyl groups is 2. The number of hydrogen-bond acceptors (Lipinski definition) is 5. The Labute approximate surface area is 154 Å². The van der Waals surface area contributed by atoms with Crippen LogP contribution in [0.4, 0.5) is 19.3 Å². The highest BCUT2D eigenvalue weighted by molar-refractivity contribution is 5.89. The Balaban J connectivity index is 1.58. The van der Waals surface area contributed by atoms with Gasteiger partial charge in [-0.25, -0.2) is 4.79 Å². The van der Waals surface area contributed by atoms with E-state index in [9.17, 15) is 28.6 Å². The van der Waals surface area contributed by atoms with Crippen molar-refractivity contribution in [3.8, 4) is 0 Å². The molecule has 3 N–H and O–H groups in total. The lowest BCUT2D eigenvalue weighted by Crippen LogP contribution is -2.37. The van der Waals surface area contributed by atoms with E-state index in [-0.39, 0.29) is 19.0 Å². The Kier molecular flexibility index (Phi) is 5.91. The van der Waals surface area contributed by atoms with E-state index >= 15 is 0 Å². The average Bonchev–Trinajstić information content (AvgIpc) is 3.02. The molecular weight excluding hydrogens is 362 g/mol. The summed E-state index contributed by atoms with van der Waals surface area (Å²) < 4.78 is 29.5. The number of halogens is 2. The number of anilines is 1. The average molecular weight is 384 g/mol. The molecule has 1 aliphatic heterocycles. The summed E-state index contributed by atoms with van der Waals surface area (Å²) in [6.45, 7) is -0.0260. The second-order valence-corrected chi connectivity index (χ2v) is 6.90. The summed E-state index contributed by atoms with van der Waals surface area (Å²) in [7, 11) is 0. The molecule has 2 fully saturated rings. The zero-order valence-corrected chi connectivity index (χ0v) is 14.6. The quantitative estimate of drug-likeness (QED) is 0.712. The third-order valence-electron chi connectivity index (χ3n) is 5.03. The summed E-state index contributed by atoms with van der Waals surface area (Å²) in [5.41, 5.74) is 1.61. The molecule has 0 aromatic heterocycles. The van der Waals surface area contributed by atoms with Crippen molar-refractivity contribution in [3.05, 3.63) is 29.8 Å². The molecule has 0 bridgehead atoms. The minimum atomic E-state index is -3.11. The summed E-state index contributed by atoms with van der Waals surface area (Å²) in [6, 6.07) is 7.25. The van der Waals surface area contributed by atoms with E-state index in [1.807, 2.05) is 17.4 Å². The van der Waals surface area contributed by atoms with Gasteiger partial charge in [0.15, 0.2) is 0 Å². The molecule has 1 saturated heterocycles. The molecule has 148 valence electrons. The van der Waals surface area contributed by atoms with Crippen molar-refractivity contribution in [2.75, 3.05) is 18.0 Å². The number of rotatable bonds is 5. The fraction of sp³-hybridized carbons (Fsp3) is 0.556. The number of cyclic esters (lactones) is 1. The van der Waals surface area contributed by atoms with Gasteiger partial charge in [0.2, 0.25) is 0 Å². The van der Waals surface area contributed by atoms with Crippen LogP contribution >= 0.6 is 0 Å². The van der Waals surface area contributed by atoms with Gasteiger partial charge in [-0.15, -0.1) is 0 Å². The Morgan fingerprint density at radius 1 is 1.22 bits per heavy atom. The molecular formula is C18H22F2N2O5. The van der Waals surface area contributed by atoms with E-state index in [1.54, 1.807) is 12.1 Å². The smallest absolute Gasteiger partial charge is 0.414 e. The number of carbonyl (C=O) groups is 2. The minimum absolute atomic E-state index is 0.139. The Bertz CT molecular complexity index is 685. The fourth-order valence-electron chi connectivity index (χ4n) is 3.49. The molecule has 1 aromatic carbocycles. The molecule has 2 aliphatic rings. The summed E-state index contributed by atoms with van der Waals surface area (Å²) in [6.07, 6.45) is -4.02. The monoisotopic (exact) mass is 384 g/mol. The van der Waals surface area contributed by atoms with Crippen LogP contribution in [0.25, 0.3) is 0 Å². The molecule has 2 amide bonds. The first kappa shape index (κ1) is 19.5. The maximum atomic E-state index is 12.2. The summed E-state index contributed by atoms with van der Waals surface area (Å²) in [4.78, 5) is 24.3. The molecule has 1 aliphatic carbocycles. The first-order valence-corrected chi connectivity index (χ1v) is 8.85. The molecule has 1 aromatic rings. The lowest BCUT2D eigenvalue weighted by molar-refractivity contribution is -0.132. The topological polar surface area (TPSA) is 99.1 Å². The Hall–Kier alpha value is -2.26. The van der Waals surface area contributed by atoms with Crippen molar-refractivity contribution in [2.24, 2.45) is 0 Å². The predicted octanol–water partition coefficient (Wildman–Crippen LogP) is 1.38. The van der Waals surface area contributed by atoms with Crippen LogP contribution in [0, 0.1) is 0 Å². The number of nitrogens with zero attached hydrogens (tertiary/aromatic N) is 1. The van der Waals surface area contributed by atoms with Gasteiger partial charge in [0, 0.05) is 5.69 Å². The van der Waals surface area contributed by atoms with E-state index < -0.39 is 36.7 Å². The van der Waals surface area contributed by atoms with Crippen LogP contribution in [-0.2, 0) is 9.53 Å². The van der Waals surface area contributed by atoms with Crippen LogP contribution in [0.1, 0.15) is 30.7 Å². The van der Waals surface area contributed by atoms with Crippen LogP contribution < -0.4 is 10.2 Å². The summed E-state index contributed by atoms with van der Waals surface area (Å²) in [5.74, 6) is -1.26. The fourth-order valence-corrected chi connectivity index (χ4v) is 3.49. The second-order valence-electron chi connectivity index (χ2n) is 6.90. The number of nitrogens with one attached hydrogen (secondary N) is 1. The van der Waals surface area contributed by atoms with Crippen molar-refractivity contribution in [1.82, 2.24) is 5.32 Å². The number of benzene rings is 1. The zero-order valence-electron chi connectivity index (χ0n) is 14.6. The van der Waals surface area contributed by atoms with Gasteiger partial charge in [0.25, 0.3) is 5.91 Å². The molecule has 9 heteroatoms. The highest BCUT2D eigenvalue weighted by atomic mass is 19.3. The van der Waals surface area contributed by atoms with Crippen LogP contribution in [0.15, 0.2) is 24.3 Å². The zero-order chi connectivity index (χ0) is 19.6. The molecule has 3 rings (SSSR count). The van der Waals surface area contributed by atoms with Gasteiger partial charge < -0.3 is 20.3 Å². The van der Waals surface area contributed by atoms with Gasteiger partial charge >= 0.3 is 12.5 Å². The van der Waals surface area contributed by atoms with Gasteiger partial charge in [-0.2, -0.15) is 8.78 Å². The van der Waals surface area contributed by atoms with Crippen LogP contribution in [-0.4, -0.2) is 60.0 Å². The van der Waals surface area contributed by atoms with Crippen LogP contribution in [0.2, 0.25) is 0 Å². The first-order chi connectivity index (χ1) is 12.8. The molecule has 1 heterocycles. The maximum Gasteiger partial charge on any atom is 0.414 e. The molecule has 2 unspecified atom stereocenters. The standard InChI is InChI=1S/C18H22F2N2O5/c19-16(20)17(25)21-8-13-9-22(18(26)27-13)12-4-1-10(2-5-12)11-3-6-14(23)15(24)7-11/h1-2,4-5,11,13-16,23-24H,3,6-9H2,(H,21,25)/t11?,13-,14?,15-/m0/s1. The van der Waals surface area contributed by atoms with E-state index in [2.05, 4.69) is 0 Å². The number of amides is 2. The van der Waals surface area contributed by atoms with Crippen LogP contribution in [0.5, 0.6) is 0 Å². The molecule has 1 saturated carbocycles. The second kappa shape index (κ2) is 8.18. The number of ether oxygens (including phenoxy) is 1. The SMILES string of the molecule is O=C(NC[C@H]1CN(c2ccc(C3CCC(O)[C@@H](O)C3)cc2)C(=O)O1)C(F)F. The van der Waals surface area contributed by atoms with E-state index in [4.69, 9.17) is 4.74 Å². The normalized spacial score (nSPS) is 28.3. The van der Waals surface area contributed by atoms with Crippen molar-refractivity contribution < 1.29 is 33.3 Å². The van der Waals surface area contributed by atoms with Gasteiger partial charge in [0.1, 0.15) is 6.10 Å². The molecule has 0 spiro atoms. The Morgan fingerprint density at radius 2 is 1.93 bits per heavy atom. The van der Waals surface area contributed by atoms with Crippen molar-refractivity contribution in [1.29, 1.82) is 0 Å². The third-order valence-corrected chi connectivity index (χ3v) is 5.03. The Morgan fingerprint density at radius 3 is 2.56 bits per heavy atom. The molecule has 27 heavy (non-hydrogen) atoms. The number of alkyl halides is 2. The lowest BCUT2D eigenvalue weighted by atomic mass is 9.81. The van der Waals surface area contributed by atoms with Crippen molar-refractivity contribution in [2.45, 2.75) is 49.9 Å². The van der Waals surface area contributed by atoms with Gasteiger partial charge in [-0.3, -0.25) is 9.69 Å². The minimum Gasteiger partial charge on any atom is -0.442 e. The highest BCUT2D eigenvalue weighted by Crippen LogP contribution is 2.34. The van der Waals surface area contributed by atoms with Crippen molar-refractivity contribution >= 4 is 17.7 Å².